The number of hydrogen-bond donors (Lipinski definition) is 0. The van der Waals surface area contributed by atoms with Crippen molar-refractivity contribution in [2.45, 2.75) is 78.9 Å². The van der Waals surface area contributed by atoms with Crippen LogP contribution in [-0.4, -0.2) is 19.2 Å². The van der Waals surface area contributed by atoms with E-state index in [-0.39, 0.29) is 17.1 Å². The Bertz CT molecular complexity index is 764. The van der Waals surface area contributed by atoms with Gasteiger partial charge in [0, 0.05) is 20.0 Å². The maximum absolute atomic E-state index is 12.2. The summed E-state index contributed by atoms with van der Waals surface area (Å²) >= 11 is 0. The van der Waals surface area contributed by atoms with Crippen LogP contribution in [0.15, 0.2) is 23.0 Å². The minimum Gasteiger partial charge on any atom is -0.470 e. The van der Waals surface area contributed by atoms with Crippen molar-refractivity contribution in [3.8, 4) is 0 Å². The number of fused-ring (bicyclic) bond motifs is 7. The van der Waals surface area contributed by atoms with Crippen molar-refractivity contribution in [3.05, 3.63) is 23.0 Å². The standard InChI is InChI=1S/C25H36O3/c1-14-10-18-19(24(3)8-6-17(26)13-20(14)24)7-9-25(4)21(18)11-16-12-22(27-5)28-15(2)23(16)25/h13-14,16,18-19,21-22H,6-12H2,1-5H3/t14-,16-,18?,19?,21?,22?,24?,25?/m0/s1. The molecule has 4 aliphatic carbocycles. The highest BCUT2D eigenvalue weighted by atomic mass is 16.7. The van der Waals surface area contributed by atoms with Crippen LogP contribution in [0, 0.1) is 40.4 Å². The van der Waals surface area contributed by atoms with Gasteiger partial charge in [0.05, 0.1) is 5.76 Å². The summed E-state index contributed by atoms with van der Waals surface area (Å²) in [6, 6.07) is 0. The average Bonchev–Trinajstić information content (AvgIpc) is 2.96. The molecule has 0 spiro atoms. The van der Waals surface area contributed by atoms with Gasteiger partial charge < -0.3 is 9.47 Å². The lowest BCUT2D eigenvalue weighted by Gasteiger charge is -2.59. The molecule has 6 unspecified atom stereocenters. The normalized spacial score (nSPS) is 50.2. The Hall–Kier alpha value is -1.09. The molecule has 0 aromatic carbocycles. The van der Waals surface area contributed by atoms with Gasteiger partial charge in [-0.15, -0.1) is 0 Å². The van der Waals surface area contributed by atoms with E-state index in [1.165, 1.54) is 31.3 Å². The zero-order valence-corrected chi connectivity index (χ0v) is 18.2. The quantitative estimate of drug-likeness (QED) is 0.585. The van der Waals surface area contributed by atoms with E-state index in [9.17, 15) is 4.79 Å². The number of methoxy groups -OCH3 is 1. The van der Waals surface area contributed by atoms with E-state index in [2.05, 4.69) is 27.7 Å². The second-order valence-electron chi connectivity index (χ2n) is 10.9. The largest absolute Gasteiger partial charge is 0.470 e. The molecular weight excluding hydrogens is 348 g/mol. The van der Waals surface area contributed by atoms with Gasteiger partial charge in [-0.05, 0) is 91.1 Å². The molecule has 0 N–H and O–H groups in total. The monoisotopic (exact) mass is 384 g/mol. The molecule has 0 aromatic rings. The summed E-state index contributed by atoms with van der Waals surface area (Å²) in [5.74, 6) is 4.93. The third kappa shape index (κ3) is 2.41. The van der Waals surface area contributed by atoms with Crippen LogP contribution in [-0.2, 0) is 14.3 Å². The molecule has 3 nitrogen and oxygen atoms in total. The number of ether oxygens (including phenoxy) is 2. The van der Waals surface area contributed by atoms with Crippen molar-refractivity contribution in [2.24, 2.45) is 40.4 Å². The first-order valence-electron chi connectivity index (χ1n) is 11.4. The van der Waals surface area contributed by atoms with Crippen molar-refractivity contribution >= 4 is 5.78 Å². The third-order valence-electron chi connectivity index (χ3n) is 9.66. The Labute approximate surface area is 169 Å². The zero-order valence-electron chi connectivity index (χ0n) is 18.2. The Balaban J connectivity index is 1.52. The maximum Gasteiger partial charge on any atom is 0.199 e. The highest BCUT2D eigenvalue weighted by Gasteiger charge is 2.61. The fourth-order valence-electron chi connectivity index (χ4n) is 8.55. The number of hydrogen-bond acceptors (Lipinski definition) is 3. The fraction of sp³-hybridized carbons (Fsp3) is 0.800. The Morgan fingerprint density at radius 2 is 1.89 bits per heavy atom. The van der Waals surface area contributed by atoms with Crippen LogP contribution < -0.4 is 0 Å². The van der Waals surface area contributed by atoms with E-state index in [1.54, 1.807) is 12.7 Å². The van der Waals surface area contributed by atoms with Crippen LogP contribution in [0.25, 0.3) is 0 Å². The molecule has 5 aliphatic rings. The predicted molar refractivity (Wildman–Crippen MR) is 109 cm³/mol. The van der Waals surface area contributed by atoms with E-state index in [1.807, 2.05) is 6.08 Å². The first kappa shape index (κ1) is 18.9. The molecule has 0 bridgehead atoms. The van der Waals surface area contributed by atoms with Gasteiger partial charge in [-0.2, -0.15) is 0 Å². The average molecular weight is 385 g/mol. The van der Waals surface area contributed by atoms with Crippen molar-refractivity contribution < 1.29 is 14.3 Å². The summed E-state index contributed by atoms with van der Waals surface area (Å²) < 4.78 is 11.7. The number of ketones is 1. The molecule has 28 heavy (non-hydrogen) atoms. The lowest BCUT2D eigenvalue weighted by molar-refractivity contribution is -0.118. The summed E-state index contributed by atoms with van der Waals surface area (Å²) in [6.45, 7) is 9.57. The second kappa shape index (κ2) is 6.20. The van der Waals surface area contributed by atoms with E-state index in [4.69, 9.17) is 9.47 Å². The maximum atomic E-state index is 12.2. The Morgan fingerprint density at radius 1 is 1.11 bits per heavy atom. The zero-order chi connectivity index (χ0) is 19.8. The summed E-state index contributed by atoms with van der Waals surface area (Å²) in [7, 11) is 1.77. The van der Waals surface area contributed by atoms with Crippen LogP contribution in [0.1, 0.15) is 72.6 Å². The molecule has 8 atom stereocenters. The minimum absolute atomic E-state index is 0.0741. The molecule has 3 heteroatoms. The third-order valence-corrected chi connectivity index (χ3v) is 9.66. The fourth-order valence-corrected chi connectivity index (χ4v) is 8.55. The molecule has 1 heterocycles. The summed E-state index contributed by atoms with van der Waals surface area (Å²) in [5.41, 5.74) is 3.61. The van der Waals surface area contributed by atoms with Crippen LogP contribution in [0.2, 0.25) is 0 Å². The van der Waals surface area contributed by atoms with Crippen LogP contribution in [0.3, 0.4) is 0 Å². The molecule has 154 valence electrons. The molecule has 0 saturated heterocycles. The van der Waals surface area contributed by atoms with E-state index >= 15 is 0 Å². The number of carbonyl (C=O) groups excluding carboxylic acids is 1. The van der Waals surface area contributed by atoms with Crippen molar-refractivity contribution in [1.29, 1.82) is 0 Å². The summed E-state index contributed by atoms with van der Waals surface area (Å²) in [4.78, 5) is 12.2. The number of allylic oxidation sites excluding steroid dienone is 3. The molecule has 0 radical (unpaired) electrons. The van der Waals surface area contributed by atoms with Gasteiger partial charge in [-0.3, -0.25) is 4.79 Å². The van der Waals surface area contributed by atoms with Crippen LogP contribution in [0.4, 0.5) is 0 Å². The van der Waals surface area contributed by atoms with Gasteiger partial charge in [-0.25, -0.2) is 0 Å². The molecule has 0 aromatic heterocycles. The lowest BCUT2D eigenvalue weighted by atomic mass is 9.45. The predicted octanol–water partition coefficient (Wildman–Crippen LogP) is 5.66. The van der Waals surface area contributed by atoms with Crippen molar-refractivity contribution in [2.75, 3.05) is 7.11 Å². The van der Waals surface area contributed by atoms with Crippen LogP contribution in [0.5, 0.6) is 0 Å². The van der Waals surface area contributed by atoms with E-state index < -0.39 is 0 Å². The SMILES string of the molecule is COC1C[C@@H]2CC3C4C[C@H](C)C5=CC(=O)CCC5(C)C4CCC3(C)C2=C(C)O1. The van der Waals surface area contributed by atoms with Gasteiger partial charge in [0.25, 0.3) is 0 Å². The van der Waals surface area contributed by atoms with E-state index in [0.29, 0.717) is 17.6 Å². The van der Waals surface area contributed by atoms with Gasteiger partial charge in [-0.1, -0.05) is 26.3 Å². The minimum atomic E-state index is -0.0741. The molecule has 1 aliphatic heterocycles. The van der Waals surface area contributed by atoms with Gasteiger partial charge in [0.2, 0.25) is 0 Å². The molecule has 3 fully saturated rings. The Morgan fingerprint density at radius 3 is 2.64 bits per heavy atom. The molecular formula is C25H36O3. The first-order valence-corrected chi connectivity index (χ1v) is 11.4. The van der Waals surface area contributed by atoms with Gasteiger partial charge >= 0.3 is 0 Å². The molecule has 3 saturated carbocycles. The van der Waals surface area contributed by atoms with Crippen molar-refractivity contribution in [1.82, 2.24) is 0 Å². The number of carbonyl (C=O) groups is 1. The topological polar surface area (TPSA) is 35.5 Å². The highest BCUT2D eigenvalue weighted by Crippen LogP contribution is 2.69. The first-order chi connectivity index (χ1) is 13.3. The Kier molecular flexibility index (Phi) is 4.19. The second-order valence-corrected chi connectivity index (χ2v) is 10.9. The van der Waals surface area contributed by atoms with Crippen molar-refractivity contribution in [3.63, 3.8) is 0 Å². The number of rotatable bonds is 1. The van der Waals surface area contributed by atoms with Gasteiger partial charge in [0.15, 0.2) is 12.1 Å². The van der Waals surface area contributed by atoms with E-state index in [0.717, 1.165) is 42.8 Å². The van der Waals surface area contributed by atoms with Gasteiger partial charge in [0.1, 0.15) is 0 Å². The highest BCUT2D eigenvalue weighted by molar-refractivity contribution is 5.91. The summed E-state index contributed by atoms with van der Waals surface area (Å²) in [5, 5.41) is 0. The smallest absolute Gasteiger partial charge is 0.199 e. The molecule has 5 rings (SSSR count). The van der Waals surface area contributed by atoms with Crippen LogP contribution >= 0.6 is 0 Å². The molecule has 0 amide bonds. The lowest BCUT2D eigenvalue weighted by Crippen LogP contribution is -2.51. The summed E-state index contributed by atoms with van der Waals surface area (Å²) in [6.07, 6.45) is 9.91.